The van der Waals surface area contributed by atoms with Gasteiger partial charge in [0.1, 0.15) is 0 Å². The third-order valence-electron chi connectivity index (χ3n) is 8.24. The molecule has 2 aliphatic carbocycles. The molecule has 3 nitrogen and oxygen atoms in total. The van der Waals surface area contributed by atoms with Gasteiger partial charge in [-0.25, -0.2) is 0 Å². The number of benzene rings is 2. The minimum absolute atomic E-state index is 0.0833. The zero-order valence-electron chi connectivity index (χ0n) is 20.4. The van der Waals surface area contributed by atoms with Crippen LogP contribution in [0.4, 0.5) is 5.69 Å². The van der Waals surface area contributed by atoms with Crippen molar-refractivity contribution < 1.29 is 4.79 Å². The highest BCUT2D eigenvalue weighted by Crippen LogP contribution is 2.55. The molecule has 3 aliphatic rings. The van der Waals surface area contributed by atoms with Gasteiger partial charge < -0.3 is 10.2 Å². The van der Waals surface area contributed by atoms with Gasteiger partial charge in [0, 0.05) is 29.8 Å². The van der Waals surface area contributed by atoms with Crippen molar-refractivity contribution in [1.29, 1.82) is 0 Å². The maximum atomic E-state index is 13.6. The molecule has 1 aliphatic heterocycles. The van der Waals surface area contributed by atoms with E-state index in [0.29, 0.717) is 17.4 Å². The number of hydrogen-bond donors (Lipinski definition) is 1. The summed E-state index contributed by atoms with van der Waals surface area (Å²) in [5.41, 5.74) is 6.70. The number of amides is 1. The first-order valence-corrected chi connectivity index (χ1v) is 12.9. The van der Waals surface area contributed by atoms with Crippen LogP contribution < -0.4 is 10.2 Å². The van der Waals surface area contributed by atoms with Crippen LogP contribution in [0.3, 0.4) is 0 Å². The van der Waals surface area contributed by atoms with Crippen LogP contribution in [-0.4, -0.2) is 25.0 Å². The van der Waals surface area contributed by atoms with Crippen molar-refractivity contribution in [2.24, 2.45) is 11.8 Å². The van der Waals surface area contributed by atoms with Crippen molar-refractivity contribution in [3.63, 3.8) is 0 Å². The molecule has 1 saturated carbocycles. The van der Waals surface area contributed by atoms with Crippen LogP contribution in [0.15, 0.2) is 48.5 Å². The van der Waals surface area contributed by atoms with Crippen molar-refractivity contribution >= 4 is 17.7 Å². The molecule has 1 N–H and O–H groups in total. The van der Waals surface area contributed by atoms with Crippen LogP contribution >= 0.6 is 0 Å². The number of carbonyl (C=O) groups is 1. The minimum Gasteiger partial charge on any atom is -0.313 e. The average molecular weight is 443 g/mol. The standard InChI is InChI=1S/C30H38N2O/c1-21(2)20-32(29(33)14-13-23-9-6-8-22(3)18-23)28-12-7-11-25-24(28)19-27-26-10-4-5-15-30(25,26)16-17-31-27/h6-9,11-14,18,21,26-27,31H,4-5,10,15-17,19-20H2,1-3H3/t26-,27+,30-/m0/s1. The first-order chi connectivity index (χ1) is 16.0. The van der Waals surface area contributed by atoms with Crippen molar-refractivity contribution in [2.75, 3.05) is 18.0 Å². The monoisotopic (exact) mass is 442 g/mol. The molecule has 33 heavy (non-hydrogen) atoms. The topological polar surface area (TPSA) is 32.3 Å². The fourth-order valence-corrected chi connectivity index (χ4v) is 6.90. The Labute approximate surface area is 199 Å². The lowest BCUT2D eigenvalue weighted by atomic mass is 9.52. The van der Waals surface area contributed by atoms with E-state index >= 15 is 0 Å². The summed E-state index contributed by atoms with van der Waals surface area (Å²) < 4.78 is 0. The summed E-state index contributed by atoms with van der Waals surface area (Å²) in [4.78, 5) is 15.6. The maximum Gasteiger partial charge on any atom is 0.251 e. The number of piperidine rings is 1. The fraction of sp³-hybridized carbons (Fsp3) is 0.500. The summed E-state index contributed by atoms with van der Waals surface area (Å²) in [6, 6.07) is 15.6. The normalized spacial score (nSPS) is 26.2. The zero-order valence-corrected chi connectivity index (χ0v) is 20.4. The second kappa shape index (κ2) is 9.10. The lowest BCUT2D eigenvalue weighted by Gasteiger charge is -2.56. The second-order valence-electron chi connectivity index (χ2n) is 10.9. The number of carbonyl (C=O) groups excluding carboxylic acids is 1. The number of rotatable bonds is 5. The van der Waals surface area contributed by atoms with Crippen molar-refractivity contribution in [3.8, 4) is 0 Å². The largest absolute Gasteiger partial charge is 0.313 e. The molecule has 1 saturated heterocycles. The van der Waals surface area contributed by atoms with Crippen LogP contribution in [0, 0.1) is 18.8 Å². The van der Waals surface area contributed by atoms with Crippen LogP contribution in [0.5, 0.6) is 0 Å². The molecule has 0 aromatic heterocycles. The van der Waals surface area contributed by atoms with E-state index < -0.39 is 0 Å². The van der Waals surface area contributed by atoms with Gasteiger partial charge in [-0.1, -0.05) is 68.7 Å². The molecule has 1 heterocycles. The van der Waals surface area contributed by atoms with E-state index in [9.17, 15) is 4.79 Å². The molecule has 1 amide bonds. The molecule has 3 heteroatoms. The van der Waals surface area contributed by atoms with Crippen LogP contribution in [0.1, 0.15) is 68.2 Å². The molecule has 2 aromatic rings. The number of fused-ring (bicyclic) bond motifs is 1. The van der Waals surface area contributed by atoms with E-state index in [-0.39, 0.29) is 5.91 Å². The summed E-state index contributed by atoms with van der Waals surface area (Å²) in [7, 11) is 0. The van der Waals surface area contributed by atoms with Crippen LogP contribution in [0.2, 0.25) is 0 Å². The highest BCUT2D eigenvalue weighted by atomic mass is 16.2. The highest BCUT2D eigenvalue weighted by molar-refractivity contribution is 6.04. The van der Waals surface area contributed by atoms with Gasteiger partial charge in [-0.3, -0.25) is 4.79 Å². The molecule has 174 valence electrons. The molecule has 2 aromatic carbocycles. The third-order valence-corrected chi connectivity index (χ3v) is 8.24. The molecule has 0 radical (unpaired) electrons. The molecule has 5 rings (SSSR count). The molecule has 0 unspecified atom stereocenters. The summed E-state index contributed by atoms with van der Waals surface area (Å²) in [6.07, 6.45) is 11.3. The number of nitrogens with one attached hydrogen (secondary N) is 1. The van der Waals surface area contributed by atoms with Gasteiger partial charge in [0.05, 0.1) is 0 Å². The Balaban J connectivity index is 1.53. The Morgan fingerprint density at radius 1 is 1.18 bits per heavy atom. The summed E-state index contributed by atoms with van der Waals surface area (Å²) in [6.45, 7) is 8.35. The van der Waals surface area contributed by atoms with E-state index in [1.807, 2.05) is 17.0 Å². The molecule has 2 bridgehead atoms. The third kappa shape index (κ3) is 4.17. The number of aryl methyl sites for hydroxylation is 1. The molecule has 0 spiro atoms. The fourth-order valence-electron chi connectivity index (χ4n) is 6.90. The van der Waals surface area contributed by atoms with Crippen molar-refractivity contribution in [3.05, 3.63) is 70.8 Å². The van der Waals surface area contributed by atoms with Crippen molar-refractivity contribution in [2.45, 2.75) is 70.8 Å². The number of anilines is 1. The lowest BCUT2D eigenvalue weighted by Crippen LogP contribution is -2.59. The molecular formula is C30H38N2O. The van der Waals surface area contributed by atoms with E-state index in [4.69, 9.17) is 0 Å². The van der Waals surface area contributed by atoms with Gasteiger partial charge in [-0.15, -0.1) is 0 Å². The predicted molar refractivity (Wildman–Crippen MR) is 138 cm³/mol. The van der Waals surface area contributed by atoms with Gasteiger partial charge in [-0.2, -0.15) is 0 Å². The average Bonchev–Trinajstić information content (AvgIpc) is 2.81. The summed E-state index contributed by atoms with van der Waals surface area (Å²) in [5.74, 6) is 1.23. The van der Waals surface area contributed by atoms with Crippen LogP contribution in [-0.2, 0) is 16.6 Å². The second-order valence-corrected chi connectivity index (χ2v) is 10.9. The maximum absolute atomic E-state index is 13.6. The number of nitrogens with zero attached hydrogens (tertiary/aromatic N) is 1. The van der Waals surface area contributed by atoms with E-state index in [1.165, 1.54) is 43.2 Å². The van der Waals surface area contributed by atoms with Gasteiger partial charge in [0.25, 0.3) is 5.91 Å². The Bertz CT molecular complexity index is 1050. The van der Waals surface area contributed by atoms with Gasteiger partial charge in [-0.05, 0) is 79.8 Å². The van der Waals surface area contributed by atoms with E-state index in [0.717, 1.165) is 36.7 Å². The highest BCUT2D eigenvalue weighted by Gasteiger charge is 2.52. The first kappa shape index (κ1) is 22.4. The SMILES string of the molecule is Cc1cccc(C=CC(=O)N(CC(C)C)c2cccc3c2C[C@H]2NCC[C@@]34CCCC[C@@H]24)c1. The Morgan fingerprint density at radius 2 is 2.03 bits per heavy atom. The lowest BCUT2D eigenvalue weighted by molar-refractivity contribution is -0.114. The molecule has 3 atom stereocenters. The summed E-state index contributed by atoms with van der Waals surface area (Å²) in [5, 5.41) is 3.86. The van der Waals surface area contributed by atoms with Gasteiger partial charge in [0.2, 0.25) is 0 Å². The predicted octanol–water partition coefficient (Wildman–Crippen LogP) is 6.04. The molecule has 2 fully saturated rings. The zero-order chi connectivity index (χ0) is 23.0. The Morgan fingerprint density at radius 3 is 2.85 bits per heavy atom. The summed E-state index contributed by atoms with van der Waals surface area (Å²) >= 11 is 0. The number of hydrogen-bond acceptors (Lipinski definition) is 2. The van der Waals surface area contributed by atoms with E-state index in [1.54, 1.807) is 11.6 Å². The quantitative estimate of drug-likeness (QED) is 0.572. The van der Waals surface area contributed by atoms with Gasteiger partial charge in [0.15, 0.2) is 0 Å². The van der Waals surface area contributed by atoms with Crippen molar-refractivity contribution in [1.82, 2.24) is 5.32 Å². The minimum atomic E-state index is 0.0833. The van der Waals surface area contributed by atoms with Gasteiger partial charge >= 0.3 is 0 Å². The van der Waals surface area contributed by atoms with E-state index in [2.05, 4.69) is 62.5 Å². The van der Waals surface area contributed by atoms with Crippen LogP contribution in [0.25, 0.3) is 6.08 Å². The smallest absolute Gasteiger partial charge is 0.251 e. The first-order valence-electron chi connectivity index (χ1n) is 12.9. The molecular weight excluding hydrogens is 404 g/mol. The Hall–Kier alpha value is -2.39. The Kier molecular flexibility index (Phi) is 6.18.